The molecule has 0 amide bonds. The molecular weight excluding hydrogens is 320 g/mol. The summed E-state index contributed by atoms with van der Waals surface area (Å²) >= 11 is 5.34. The second kappa shape index (κ2) is 7.37. The number of phenols is 1. The van der Waals surface area contributed by atoms with Gasteiger partial charge in [0.1, 0.15) is 11.4 Å². The average molecular weight is 336 g/mol. The molecule has 116 valence electrons. The van der Waals surface area contributed by atoms with E-state index in [9.17, 15) is 9.90 Å². The van der Waals surface area contributed by atoms with E-state index in [-0.39, 0.29) is 11.5 Å². The van der Waals surface area contributed by atoms with Gasteiger partial charge in [0.15, 0.2) is 5.78 Å². The molecule has 1 N–H and O–H groups in total. The van der Waals surface area contributed by atoms with E-state index >= 15 is 0 Å². The number of benzene rings is 1. The molecule has 1 heterocycles. The van der Waals surface area contributed by atoms with Gasteiger partial charge in [-0.25, -0.2) is 4.98 Å². The van der Waals surface area contributed by atoms with Gasteiger partial charge in [0.2, 0.25) is 5.13 Å². The second-order valence-corrected chi connectivity index (χ2v) is 6.04. The molecule has 6 nitrogen and oxygen atoms in total. The van der Waals surface area contributed by atoms with E-state index in [1.54, 1.807) is 12.1 Å². The fraction of sp³-hybridized carbons (Fsp3) is 0.286. The summed E-state index contributed by atoms with van der Waals surface area (Å²) in [7, 11) is 1.92. The van der Waals surface area contributed by atoms with Crippen molar-refractivity contribution in [3.8, 4) is 5.75 Å². The number of hydrogen-bond donors (Lipinski definition) is 2. The molecule has 0 saturated heterocycles. The lowest BCUT2D eigenvalue weighted by Gasteiger charge is -2.18. The molecule has 0 aliphatic rings. The van der Waals surface area contributed by atoms with Crippen molar-refractivity contribution in [1.82, 2.24) is 4.98 Å². The molecule has 22 heavy (non-hydrogen) atoms. The lowest BCUT2D eigenvalue weighted by Crippen LogP contribution is -2.19. The number of nitrogens with zero attached hydrogens (tertiary/aromatic N) is 4. The van der Waals surface area contributed by atoms with Gasteiger partial charge in [-0.3, -0.25) is 4.79 Å². The lowest BCUT2D eigenvalue weighted by atomic mass is 10.2. The highest BCUT2D eigenvalue weighted by Crippen LogP contribution is 2.32. The fourth-order valence-corrected chi connectivity index (χ4v) is 2.62. The van der Waals surface area contributed by atoms with Crippen LogP contribution in [0.25, 0.3) is 0 Å². The largest absolute Gasteiger partial charge is 0.506 e. The molecule has 0 saturated carbocycles. The van der Waals surface area contributed by atoms with Crippen molar-refractivity contribution in [3.05, 3.63) is 29.3 Å². The smallest absolute Gasteiger partial charge is 0.230 e. The minimum Gasteiger partial charge on any atom is -0.506 e. The first-order valence-corrected chi connectivity index (χ1v) is 7.99. The predicted octanol–water partition coefficient (Wildman–Crippen LogP) is 3.83. The SMILES string of the molecule is CC(=O)c1cnc(N=Nc2ccc(N(C)CCS)cc2O)s1. The summed E-state index contributed by atoms with van der Waals surface area (Å²) in [5.41, 5.74) is 1.22. The topological polar surface area (TPSA) is 78.2 Å². The number of carbonyl (C=O) groups excluding carboxylic acids is 1. The number of thiazole rings is 1. The summed E-state index contributed by atoms with van der Waals surface area (Å²) < 4.78 is 0. The first-order valence-electron chi connectivity index (χ1n) is 6.54. The Morgan fingerprint density at radius 3 is 2.82 bits per heavy atom. The van der Waals surface area contributed by atoms with Crippen molar-refractivity contribution < 1.29 is 9.90 Å². The predicted molar refractivity (Wildman–Crippen MR) is 91.5 cm³/mol. The van der Waals surface area contributed by atoms with Crippen molar-refractivity contribution in [2.45, 2.75) is 6.92 Å². The maximum atomic E-state index is 11.2. The zero-order valence-electron chi connectivity index (χ0n) is 12.2. The number of ketones is 1. The highest BCUT2D eigenvalue weighted by Gasteiger charge is 2.07. The maximum Gasteiger partial charge on any atom is 0.230 e. The Morgan fingerprint density at radius 1 is 1.45 bits per heavy atom. The van der Waals surface area contributed by atoms with Gasteiger partial charge in [0, 0.05) is 38.0 Å². The normalized spacial score (nSPS) is 11.0. The van der Waals surface area contributed by atoms with Gasteiger partial charge in [0.25, 0.3) is 0 Å². The monoisotopic (exact) mass is 336 g/mol. The molecule has 1 aromatic carbocycles. The number of hydrogen-bond acceptors (Lipinski definition) is 8. The van der Waals surface area contributed by atoms with Gasteiger partial charge in [-0.1, -0.05) is 11.3 Å². The number of anilines is 1. The van der Waals surface area contributed by atoms with E-state index < -0.39 is 0 Å². The Morgan fingerprint density at radius 2 is 2.23 bits per heavy atom. The highest BCUT2D eigenvalue weighted by molar-refractivity contribution is 7.80. The van der Waals surface area contributed by atoms with E-state index in [1.165, 1.54) is 13.1 Å². The van der Waals surface area contributed by atoms with E-state index in [1.807, 2.05) is 18.0 Å². The van der Waals surface area contributed by atoms with E-state index in [0.717, 1.165) is 29.3 Å². The van der Waals surface area contributed by atoms with Crippen LogP contribution >= 0.6 is 24.0 Å². The first kappa shape index (κ1) is 16.4. The van der Waals surface area contributed by atoms with Crippen molar-refractivity contribution in [3.63, 3.8) is 0 Å². The third-order valence-corrected chi connectivity index (χ3v) is 4.10. The number of azo groups is 1. The van der Waals surface area contributed by atoms with Gasteiger partial charge in [-0.15, -0.1) is 10.2 Å². The zero-order valence-corrected chi connectivity index (χ0v) is 13.9. The van der Waals surface area contributed by atoms with Crippen molar-refractivity contribution in [2.24, 2.45) is 10.2 Å². The second-order valence-electron chi connectivity index (χ2n) is 4.58. The summed E-state index contributed by atoms with van der Waals surface area (Å²) in [6.45, 7) is 2.25. The summed E-state index contributed by atoms with van der Waals surface area (Å²) in [6.07, 6.45) is 1.47. The van der Waals surface area contributed by atoms with Gasteiger partial charge in [-0.2, -0.15) is 12.6 Å². The number of rotatable bonds is 6. The Kier molecular flexibility index (Phi) is 5.51. The number of Topliss-reactive ketones (excluding diaryl/α,β-unsaturated/α-hetero) is 1. The molecule has 0 atom stereocenters. The minimum absolute atomic E-state index is 0.0376. The molecule has 0 aliphatic carbocycles. The molecule has 2 aromatic rings. The van der Waals surface area contributed by atoms with Crippen LogP contribution in [0.2, 0.25) is 0 Å². The standard InChI is InChI=1S/C14H16N4O2S2/c1-9(19)13-8-15-14(22-13)17-16-11-4-3-10(7-12(11)20)18(2)5-6-21/h3-4,7-8,20-21H,5-6H2,1-2H3. The van der Waals surface area contributed by atoms with Gasteiger partial charge in [-0.05, 0) is 12.1 Å². The van der Waals surface area contributed by atoms with Crippen LogP contribution in [0.5, 0.6) is 5.75 Å². The molecule has 0 aliphatic heterocycles. The number of thiol groups is 1. The van der Waals surface area contributed by atoms with E-state index in [0.29, 0.717) is 15.7 Å². The summed E-state index contributed by atoms with van der Waals surface area (Å²) in [4.78, 5) is 17.7. The van der Waals surface area contributed by atoms with Crippen LogP contribution in [0, 0.1) is 0 Å². The number of aromatic nitrogens is 1. The van der Waals surface area contributed by atoms with Crippen LogP contribution in [-0.4, -0.2) is 35.2 Å². The van der Waals surface area contributed by atoms with Crippen molar-refractivity contribution in [1.29, 1.82) is 0 Å². The number of aromatic hydroxyl groups is 1. The van der Waals surface area contributed by atoms with Gasteiger partial charge >= 0.3 is 0 Å². The average Bonchev–Trinajstić information content (AvgIpc) is 2.95. The fourth-order valence-electron chi connectivity index (χ4n) is 1.68. The molecule has 8 heteroatoms. The third kappa shape index (κ3) is 4.05. The summed E-state index contributed by atoms with van der Waals surface area (Å²) in [5.74, 6) is 0.704. The maximum absolute atomic E-state index is 11.2. The molecule has 0 radical (unpaired) electrons. The van der Waals surface area contributed by atoms with Crippen LogP contribution in [-0.2, 0) is 0 Å². The minimum atomic E-state index is -0.0571. The Balaban J connectivity index is 2.15. The van der Waals surface area contributed by atoms with Crippen LogP contribution in [0.3, 0.4) is 0 Å². The lowest BCUT2D eigenvalue weighted by molar-refractivity contribution is 0.102. The third-order valence-electron chi connectivity index (χ3n) is 2.92. The van der Waals surface area contributed by atoms with Crippen molar-refractivity contribution in [2.75, 3.05) is 24.2 Å². The Hall–Kier alpha value is -1.93. The molecule has 2 rings (SSSR count). The Bertz CT molecular complexity index is 700. The van der Waals surface area contributed by atoms with Crippen LogP contribution in [0.15, 0.2) is 34.6 Å². The van der Waals surface area contributed by atoms with E-state index in [2.05, 4.69) is 27.8 Å². The molecule has 0 unspecified atom stereocenters. The molecule has 0 bridgehead atoms. The summed E-state index contributed by atoms with van der Waals surface area (Å²) in [6, 6.07) is 5.16. The van der Waals surface area contributed by atoms with Crippen LogP contribution < -0.4 is 4.90 Å². The molecule has 1 aromatic heterocycles. The summed E-state index contributed by atoms with van der Waals surface area (Å²) in [5, 5.41) is 18.3. The Labute approximate surface area is 137 Å². The number of phenolic OH excluding ortho intramolecular Hbond substituents is 1. The van der Waals surface area contributed by atoms with E-state index in [4.69, 9.17) is 0 Å². The number of carbonyl (C=O) groups is 1. The van der Waals surface area contributed by atoms with Crippen LogP contribution in [0.1, 0.15) is 16.6 Å². The molecule has 0 fully saturated rings. The van der Waals surface area contributed by atoms with Gasteiger partial charge in [0.05, 0.1) is 11.1 Å². The molecule has 0 spiro atoms. The molecular formula is C14H16N4O2S2. The van der Waals surface area contributed by atoms with Crippen molar-refractivity contribution >= 4 is 46.3 Å². The quantitative estimate of drug-likeness (QED) is 0.477. The zero-order chi connectivity index (χ0) is 16.1. The first-order chi connectivity index (χ1) is 10.5. The van der Waals surface area contributed by atoms with Gasteiger partial charge < -0.3 is 10.0 Å². The van der Waals surface area contributed by atoms with Crippen LogP contribution in [0.4, 0.5) is 16.5 Å². The highest BCUT2D eigenvalue weighted by atomic mass is 32.1.